The zero-order valence-electron chi connectivity index (χ0n) is 12.7. The van der Waals surface area contributed by atoms with Crippen LogP contribution in [-0.4, -0.2) is 48.1 Å². The highest BCUT2D eigenvalue weighted by Gasteiger charge is 2.29. The minimum absolute atomic E-state index is 0.0298. The molecule has 2 rings (SSSR count). The topological polar surface area (TPSA) is 75.4 Å². The molecule has 0 aliphatic carbocycles. The van der Waals surface area contributed by atoms with Crippen molar-refractivity contribution in [1.82, 2.24) is 10.2 Å². The molecule has 22 heavy (non-hydrogen) atoms. The van der Waals surface area contributed by atoms with Crippen molar-refractivity contribution >= 4 is 23.6 Å². The third kappa shape index (κ3) is 5.35. The van der Waals surface area contributed by atoms with E-state index < -0.39 is 0 Å². The van der Waals surface area contributed by atoms with Gasteiger partial charge in [-0.2, -0.15) is 0 Å². The van der Waals surface area contributed by atoms with Gasteiger partial charge in [0.05, 0.1) is 12.6 Å². The lowest BCUT2D eigenvalue weighted by Gasteiger charge is -2.20. The van der Waals surface area contributed by atoms with Gasteiger partial charge in [-0.25, -0.2) is 0 Å². The van der Waals surface area contributed by atoms with Crippen molar-refractivity contribution in [2.75, 3.05) is 25.4 Å². The van der Waals surface area contributed by atoms with Gasteiger partial charge in [-0.1, -0.05) is 18.2 Å². The SMILES string of the molecule is NC(=O)[C@H]1CCCN1CC(=O)NCCCSc1ccccc1. The number of primary amides is 1. The summed E-state index contributed by atoms with van der Waals surface area (Å²) >= 11 is 1.79. The van der Waals surface area contributed by atoms with Gasteiger partial charge < -0.3 is 11.1 Å². The van der Waals surface area contributed by atoms with Crippen molar-refractivity contribution in [2.24, 2.45) is 5.73 Å². The summed E-state index contributed by atoms with van der Waals surface area (Å²) in [6.07, 6.45) is 2.61. The number of nitrogens with two attached hydrogens (primary N) is 1. The fraction of sp³-hybridized carbons (Fsp3) is 0.500. The maximum atomic E-state index is 11.9. The van der Waals surface area contributed by atoms with Crippen LogP contribution in [0.15, 0.2) is 35.2 Å². The molecular formula is C16H23N3O2S. The first-order chi connectivity index (χ1) is 10.7. The molecule has 5 nitrogen and oxygen atoms in total. The van der Waals surface area contributed by atoms with Gasteiger partial charge in [0.2, 0.25) is 11.8 Å². The van der Waals surface area contributed by atoms with Crippen LogP contribution in [0.3, 0.4) is 0 Å². The van der Waals surface area contributed by atoms with Crippen LogP contribution in [0.4, 0.5) is 0 Å². The predicted octanol–water partition coefficient (Wildman–Crippen LogP) is 1.23. The maximum absolute atomic E-state index is 11.9. The smallest absolute Gasteiger partial charge is 0.234 e. The summed E-state index contributed by atoms with van der Waals surface area (Å²) in [5.41, 5.74) is 5.34. The van der Waals surface area contributed by atoms with E-state index >= 15 is 0 Å². The third-order valence-electron chi connectivity index (χ3n) is 3.69. The van der Waals surface area contributed by atoms with Gasteiger partial charge in [0, 0.05) is 11.4 Å². The van der Waals surface area contributed by atoms with Crippen LogP contribution in [0.2, 0.25) is 0 Å². The van der Waals surface area contributed by atoms with Gasteiger partial charge in [0.15, 0.2) is 0 Å². The molecule has 6 heteroatoms. The summed E-state index contributed by atoms with van der Waals surface area (Å²) < 4.78 is 0. The first kappa shape index (κ1) is 16.8. The summed E-state index contributed by atoms with van der Waals surface area (Å²) in [5, 5.41) is 2.91. The number of hydrogen-bond donors (Lipinski definition) is 2. The number of hydrogen-bond acceptors (Lipinski definition) is 4. The highest BCUT2D eigenvalue weighted by atomic mass is 32.2. The maximum Gasteiger partial charge on any atom is 0.234 e. The zero-order chi connectivity index (χ0) is 15.8. The lowest BCUT2D eigenvalue weighted by atomic mass is 10.2. The molecule has 0 saturated carbocycles. The molecule has 1 saturated heterocycles. The third-order valence-corrected chi connectivity index (χ3v) is 4.79. The zero-order valence-corrected chi connectivity index (χ0v) is 13.5. The molecule has 0 unspecified atom stereocenters. The van der Waals surface area contributed by atoms with E-state index in [4.69, 9.17) is 5.73 Å². The van der Waals surface area contributed by atoms with E-state index in [2.05, 4.69) is 17.4 Å². The molecule has 1 aromatic rings. The monoisotopic (exact) mass is 321 g/mol. The van der Waals surface area contributed by atoms with E-state index in [-0.39, 0.29) is 24.4 Å². The Labute approximate surface area is 135 Å². The molecule has 0 radical (unpaired) electrons. The number of amides is 2. The Morgan fingerprint density at radius 2 is 2.09 bits per heavy atom. The van der Waals surface area contributed by atoms with E-state index in [1.54, 1.807) is 11.8 Å². The average molecular weight is 321 g/mol. The Bertz CT molecular complexity index is 495. The number of nitrogens with one attached hydrogen (secondary N) is 1. The van der Waals surface area contributed by atoms with Crippen molar-refractivity contribution in [2.45, 2.75) is 30.2 Å². The predicted molar refractivity (Wildman–Crippen MR) is 88.6 cm³/mol. The molecule has 1 fully saturated rings. The van der Waals surface area contributed by atoms with Crippen molar-refractivity contribution in [3.8, 4) is 0 Å². The van der Waals surface area contributed by atoms with Crippen LogP contribution >= 0.6 is 11.8 Å². The largest absolute Gasteiger partial charge is 0.368 e. The van der Waals surface area contributed by atoms with Crippen LogP contribution in [0, 0.1) is 0 Å². The van der Waals surface area contributed by atoms with Gasteiger partial charge in [-0.3, -0.25) is 14.5 Å². The van der Waals surface area contributed by atoms with E-state index in [9.17, 15) is 9.59 Å². The lowest BCUT2D eigenvalue weighted by molar-refractivity contribution is -0.125. The molecule has 1 aliphatic heterocycles. The minimum Gasteiger partial charge on any atom is -0.368 e. The molecule has 1 heterocycles. The Morgan fingerprint density at radius 1 is 1.32 bits per heavy atom. The fourth-order valence-corrected chi connectivity index (χ4v) is 3.46. The number of rotatable bonds is 8. The summed E-state index contributed by atoms with van der Waals surface area (Å²) in [6, 6.07) is 9.94. The van der Waals surface area contributed by atoms with E-state index in [0.29, 0.717) is 6.54 Å². The highest BCUT2D eigenvalue weighted by Crippen LogP contribution is 2.17. The second-order valence-corrected chi connectivity index (χ2v) is 6.56. The van der Waals surface area contributed by atoms with E-state index in [0.717, 1.165) is 31.6 Å². The molecule has 0 bridgehead atoms. The first-order valence-corrected chi connectivity index (χ1v) is 8.63. The number of nitrogens with zero attached hydrogens (tertiary/aromatic N) is 1. The van der Waals surface area contributed by atoms with Crippen molar-refractivity contribution < 1.29 is 9.59 Å². The van der Waals surface area contributed by atoms with Gasteiger partial charge in [-0.15, -0.1) is 11.8 Å². The van der Waals surface area contributed by atoms with Gasteiger partial charge >= 0.3 is 0 Å². The number of likely N-dealkylation sites (tertiary alicyclic amines) is 1. The Morgan fingerprint density at radius 3 is 2.82 bits per heavy atom. The highest BCUT2D eigenvalue weighted by molar-refractivity contribution is 7.99. The molecule has 3 N–H and O–H groups in total. The summed E-state index contributed by atoms with van der Waals surface area (Å²) in [4.78, 5) is 26.3. The molecule has 1 aromatic carbocycles. The Hall–Kier alpha value is -1.53. The van der Waals surface area contributed by atoms with E-state index in [1.165, 1.54) is 4.90 Å². The number of benzene rings is 1. The van der Waals surface area contributed by atoms with Crippen molar-refractivity contribution in [1.29, 1.82) is 0 Å². The second kappa shape index (κ2) is 8.80. The molecule has 1 aliphatic rings. The summed E-state index contributed by atoms with van der Waals surface area (Å²) in [7, 11) is 0. The molecule has 0 spiro atoms. The standard InChI is InChI=1S/C16H23N3O2S/c17-16(21)14-8-4-10-19(14)12-15(20)18-9-5-11-22-13-6-2-1-3-7-13/h1-3,6-7,14H,4-5,8-12H2,(H2,17,21)(H,18,20)/t14-/m1/s1. The normalized spacial score (nSPS) is 18.3. The van der Waals surface area contributed by atoms with Gasteiger partial charge in [0.1, 0.15) is 0 Å². The van der Waals surface area contributed by atoms with Crippen LogP contribution in [0.25, 0.3) is 0 Å². The average Bonchev–Trinajstić information content (AvgIpc) is 2.96. The fourth-order valence-electron chi connectivity index (χ4n) is 2.58. The van der Waals surface area contributed by atoms with Crippen LogP contribution in [0.1, 0.15) is 19.3 Å². The van der Waals surface area contributed by atoms with Crippen LogP contribution < -0.4 is 11.1 Å². The van der Waals surface area contributed by atoms with E-state index in [1.807, 2.05) is 23.1 Å². The second-order valence-electron chi connectivity index (χ2n) is 5.40. The quantitative estimate of drug-likeness (QED) is 0.558. The summed E-state index contributed by atoms with van der Waals surface area (Å²) in [6.45, 7) is 1.69. The first-order valence-electron chi connectivity index (χ1n) is 7.65. The van der Waals surface area contributed by atoms with Crippen LogP contribution in [-0.2, 0) is 9.59 Å². The number of carbonyl (C=O) groups excluding carboxylic acids is 2. The van der Waals surface area contributed by atoms with Crippen LogP contribution in [0.5, 0.6) is 0 Å². The molecule has 1 atom stereocenters. The lowest BCUT2D eigenvalue weighted by Crippen LogP contribution is -2.45. The van der Waals surface area contributed by atoms with Crippen molar-refractivity contribution in [3.63, 3.8) is 0 Å². The number of thioether (sulfide) groups is 1. The molecule has 120 valence electrons. The molecule has 2 amide bonds. The molecular weight excluding hydrogens is 298 g/mol. The van der Waals surface area contributed by atoms with Gasteiger partial charge in [-0.05, 0) is 43.7 Å². The minimum atomic E-state index is -0.329. The van der Waals surface area contributed by atoms with Crippen molar-refractivity contribution in [3.05, 3.63) is 30.3 Å². The summed E-state index contributed by atoms with van der Waals surface area (Å²) in [5.74, 6) is 0.611. The molecule has 0 aromatic heterocycles. The number of carbonyl (C=O) groups is 2. The Balaban J connectivity index is 1.59. The van der Waals surface area contributed by atoms with Gasteiger partial charge in [0.25, 0.3) is 0 Å². The Kier molecular flexibility index (Phi) is 6.74.